The number of halogens is 1. The number of carbonyl (C=O) groups excluding carboxylic acids is 1. The van der Waals surface area contributed by atoms with Gasteiger partial charge in [-0.05, 0) is 18.2 Å². The molecule has 1 amide bonds. The third-order valence-corrected chi connectivity index (χ3v) is 2.68. The van der Waals surface area contributed by atoms with Crippen molar-refractivity contribution in [3.63, 3.8) is 0 Å². The molecule has 0 radical (unpaired) electrons. The molecule has 0 aliphatic carbocycles. The van der Waals surface area contributed by atoms with E-state index in [4.69, 9.17) is 14.9 Å². The first-order valence-corrected chi connectivity index (χ1v) is 6.34. The second-order valence-corrected chi connectivity index (χ2v) is 4.65. The molecule has 0 saturated heterocycles. The molecule has 0 fully saturated rings. The number of aliphatic hydroxyl groups is 1. The van der Waals surface area contributed by atoms with Crippen molar-refractivity contribution < 1.29 is 24.5 Å². The predicted molar refractivity (Wildman–Crippen MR) is 70.9 cm³/mol. The predicted octanol–water partition coefficient (Wildman–Crippen LogP) is 0.780. The van der Waals surface area contributed by atoms with Gasteiger partial charge in [-0.3, -0.25) is 4.79 Å². The molecule has 0 saturated carbocycles. The standard InChI is InChI=1S/C12H14BrNO5/c13-8-2-1-3-9(6-8)19-7-11(16)14-5-4-10(15)12(17)18/h1-3,6,10,15H,4-5,7H2,(H,14,16)(H,17,18)/t10-/m0/s1. The molecule has 1 atom stereocenters. The Labute approximate surface area is 118 Å². The zero-order valence-corrected chi connectivity index (χ0v) is 11.6. The van der Waals surface area contributed by atoms with Crippen molar-refractivity contribution >= 4 is 27.8 Å². The number of hydrogen-bond donors (Lipinski definition) is 3. The second kappa shape index (κ2) is 7.75. The number of nitrogens with one attached hydrogen (secondary N) is 1. The Morgan fingerprint density at radius 2 is 2.16 bits per heavy atom. The number of aliphatic carboxylic acids is 1. The molecule has 0 bridgehead atoms. The van der Waals surface area contributed by atoms with Crippen molar-refractivity contribution in [1.82, 2.24) is 5.32 Å². The number of carboxylic acids is 1. The van der Waals surface area contributed by atoms with Gasteiger partial charge in [0.1, 0.15) is 5.75 Å². The largest absolute Gasteiger partial charge is 0.484 e. The summed E-state index contributed by atoms with van der Waals surface area (Å²) in [6.45, 7) is -0.0895. The first-order valence-electron chi connectivity index (χ1n) is 5.55. The maximum absolute atomic E-state index is 11.4. The van der Waals surface area contributed by atoms with E-state index in [0.717, 1.165) is 4.47 Å². The average molecular weight is 332 g/mol. The van der Waals surface area contributed by atoms with Gasteiger partial charge in [-0.1, -0.05) is 22.0 Å². The Kier molecular flexibility index (Phi) is 6.31. The van der Waals surface area contributed by atoms with Gasteiger partial charge in [0.2, 0.25) is 0 Å². The van der Waals surface area contributed by atoms with Crippen LogP contribution in [-0.2, 0) is 9.59 Å². The monoisotopic (exact) mass is 331 g/mol. The lowest BCUT2D eigenvalue weighted by Crippen LogP contribution is -2.33. The summed E-state index contributed by atoms with van der Waals surface area (Å²) in [5, 5.41) is 19.9. The van der Waals surface area contributed by atoms with Crippen molar-refractivity contribution in [2.75, 3.05) is 13.2 Å². The van der Waals surface area contributed by atoms with Crippen LogP contribution in [0.2, 0.25) is 0 Å². The van der Waals surface area contributed by atoms with E-state index in [0.29, 0.717) is 5.75 Å². The van der Waals surface area contributed by atoms with Crippen LogP contribution in [0, 0.1) is 0 Å². The van der Waals surface area contributed by atoms with Crippen molar-refractivity contribution in [1.29, 1.82) is 0 Å². The summed E-state index contributed by atoms with van der Waals surface area (Å²) in [7, 11) is 0. The highest BCUT2D eigenvalue weighted by atomic mass is 79.9. The van der Waals surface area contributed by atoms with Gasteiger partial charge in [-0.2, -0.15) is 0 Å². The van der Waals surface area contributed by atoms with Gasteiger partial charge in [0.05, 0.1) is 0 Å². The minimum absolute atomic E-state index is 0.0437. The molecule has 1 rings (SSSR count). The zero-order valence-electron chi connectivity index (χ0n) is 10.0. The van der Waals surface area contributed by atoms with Crippen molar-refractivity contribution in [3.8, 4) is 5.75 Å². The van der Waals surface area contributed by atoms with Crippen LogP contribution in [0.5, 0.6) is 5.75 Å². The van der Waals surface area contributed by atoms with Crippen molar-refractivity contribution in [2.45, 2.75) is 12.5 Å². The van der Waals surface area contributed by atoms with Crippen LogP contribution in [0.3, 0.4) is 0 Å². The van der Waals surface area contributed by atoms with Crippen LogP contribution in [0.25, 0.3) is 0 Å². The van der Waals surface area contributed by atoms with Gasteiger partial charge < -0.3 is 20.3 Å². The van der Waals surface area contributed by atoms with E-state index in [1.165, 1.54) is 0 Å². The molecule has 104 valence electrons. The molecule has 7 heteroatoms. The molecule has 0 aliphatic heterocycles. The zero-order chi connectivity index (χ0) is 14.3. The first-order chi connectivity index (χ1) is 8.99. The maximum atomic E-state index is 11.4. The molecule has 19 heavy (non-hydrogen) atoms. The minimum atomic E-state index is -1.47. The summed E-state index contributed by atoms with van der Waals surface area (Å²) < 4.78 is 6.08. The minimum Gasteiger partial charge on any atom is -0.484 e. The Balaban J connectivity index is 2.23. The summed E-state index contributed by atoms with van der Waals surface area (Å²) in [6, 6.07) is 7.05. The third-order valence-electron chi connectivity index (χ3n) is 2.19. The van der Waals surface area contributed by atoms with Crippen LogP contribution in [0.15, 0.2) is 28.7 Å². The molecule has 0 spiro atoms. The fraction of sp³-hybridized carbons (Fsp3) is 0.333. The summed E-state index contributed by atoms with van der Waals surface area (Å²) in [6.07, 6.45) is -1.51. The molecule has 0 heterocycles. The maximum Gasteiger partial charge on any atom is 0.332 e. The molecular formula is C12H14BrNO5. The lowest BCUT2D eigenvalue weighted by atomic mass is 10.2. The number of aliphatic hydroxyl groups excluding tert-OH is 1. The number of carboxylic acid groups (broad SMARTS) is 1. The average Bonchev–Trinajstić information content (AvgIpc) is 2.36. The van der Waals surface area contributed by atoms with Gasteiger partial charge in [0.15, 0.2) is 12.7 Å². The van der Waals surface area contributed by atoms with E-state index in [1.54, 1.807) is 18.2 Å². The van der Waals surface area contributed by atoms with E-state index < -0.39 is 12.1 Å². The highest BCUT2D eigenvalue weighted by molar-refractivity contribution is 9.10. The van der Waals surface area contributed by atoms with Crippen LogP contribution in [-0.4, -0.2) is 41.3 Å². The Morgan fingerprint density at radius 1 is 1.42 bits per heavy atom. The number of amides is 1. The molecule has 0 aliphatic rings. The molecule has 1 aromatic rings. The van der Waals surface area contributed by atoms with Crippen LogP contribution >= 0.6 is 15.9 Å². The first kappa shape index (κ1) is 15.5. The van der Waals surface area contributed by atoms with Crippen LogP contribution < -0.4 is 10.1 Å². The number of benzene rings is 1. The fourth-order valence-electron chi connectivity index (χ4n) is 1.23. The van der Waals surface area contributed by atoms with Gasteiger partial charge in [-0.25, -0.2) is 4.79 Å². The molecule has 0 aromatic heterocycles. The molecular weight excluding hydrogens is 318 g/mol. The summed E-state index contributed by atoms with van der Waals surface area (Å²) in [4.78, 5) is 21.7. The fourth-order valence-corrected chi connectivity index (χ4v) is 1.61. The van der Waals surface area contributed by atoms with Crippen LogP contribution in [0.1, 0.15) is 6.42 Å². The quantitative estimate of drug-likeness (QED) is 0.686. The Bertz CT molecular complexity index is 452. The van der Waals surface area contributed by atoms with Crippen LogP contribution in [0.4, 0.5) is 0 Å². The molecule has 0 unspecified atom stereocenters. The van der Waals surface area contributed by atoms with Crippen molar-refractivity contribution in [2.24, 2.45) is 0 Å². The number of carbonyl (C=O) groups is 2. The molecule has 6 nitrogen and oxygen atoms in total. The van der Waals surface area contributed by atoms with E-state index in [-0.39, 0.29) is 25.5 Å². The summed E-state index contributed by atoms with van der Waals surface area (Å²) in [5.41, 5.74) is 0. The normalized spacial score (nSPS) is 11.7. The highest BCUT2D eigenvalue weighted by Crippen LogP contribution is 2.17. The number of ether oxygens (including phenoxy) is 1. The summed E-state index contributed by atoms with van der Waals surface area (Å²) >= 11 is 3.28. The Hall–Kier alpha value is -1.60. The van der Waals surface area contributed by atoms with Gasteiger partial charge >= 0.3 is 5.97 Å². The highest BCUT2D eigenvalue weighted by Gasteiger charge is 2.12. The SMILES string of the molecule is O=C(COc1cccc(Br)c1)NCC[C@H](O)C(=O)O. The van der Waals surface area contributed by atoms with E-state index in [1.807, 2.05) is 6.07 Å². The van der Waals surface area contributed by atoms with Gasteiger partial charge in [-0.15, -0.1) is 0 Å². The molecule has 1 aromatic carbocycles. The van der Waals surface area contributed by atoms with E-state index in [9.17, 15) is 9.59 Å². The van der Waals surface area contributed by atoms with Gasteiger partial charge in [0, 0.05) is 17.4 Å². The summed E-state index contributed by atoms with van der Waals surface area (Å²) in [5.74, 6) is -1.13. The smallest absolute Gasteiger partial charge is 0.332 e. The third kappa shape index (κ3) is 6.21. The topological polar surface area (TPSA) is 95.9 Å². The lowest BCUT2D eigenvalue weighted by Gasteiger charge is -2.08. The second-order valence-electron chi connectivity index (χ2n) is 3.74. The van der Waals surface area contributed by atoms with Crippen molar-refractivity contribution in [3.05, 3.63) is 28.7 Å². The number of hydrogen-bond acceptors (Lipinski definition) is 4. The van der Waals surface area contributed by atoms with E-state index in [2.05, 4.69) is 21.2 Å². The number of rotatable bonds is 7. The van der Waals surface area contributed by atoms with E-state index >= 15 is 0 Å². The molecule has 3 N–H and O–H groups in total. The Morgan fingerprint density at radius 3 is 2.79 bits per heavy atom. The lowest BCUT2D eigenvalue weighted by molar-refractivity contribution is -0.147. The van der Waals surface area contributed by atoms with Gasteiger partial charge in [0.25, 0.3) is 5.91 Å².